The summed E-state index contributed by atoms with van der Waals surface area (Å²) in [6.07, 6.45) is 9.38. The standard InChI is InChI=1S/C19H28N2O2/c1-2-21(16-7-4-3-5-8-16)18-10-9-15(13-17(18)20)19(23-14-22)11-6-12-19/h9-10,13-14,16H,2-8,11-12,20H2,1H3. The van der Waals surface area contributed by atoms with Crippen LogP contribution in [0.5, 0.6) is 0 Å². The Kier molecular flexibility index (Phi) is 4.79. The van der Waals surface area contributed by atoms with E-state index in [1.165, 1.54) is 32.1 Å². The molecule has 4 heteroatoms. The molecule has 0 aliphatic heterocycles. The van der Waals surface area contributed by atoms with Gasteiger partial charge in [-0.3, -0.25) is 4.79 Å². The van der Waals surface area contributed by atoms with E-state index in [1.54, 1.807) is 0 Å². The van der Waals surface area contributed by atoms with Crippen molar-refractivity contribution in [3.63, 3.8) is 0 Å². The minimum absolute atomic E-state index is 0.434. The van der Waals surface area contributed by atoms with Crippen LogP contribution in [0.1, 0.15) is 63.9 Å². The van der Waals surface area contributed by atoms with Crippen molar-refractivity contribution in [3.05, 3.63) is 23.8 Å². The molecule has 126 valence electrons. The fraction of sp³-hybridized carbons (Fsp3) is 0.632. The number of hydrogen-bond acceptors (Lipinski definition) is 4. The van der Waals surface area contributed by atoms with E-state index in [-0.39, 0.29) is 0 Å². The van der Waals surface area contributed by atoms with Gasteiger partial charge in [-0.1, -0.05) is 25.3 Å². The maximum absolute atomic E-state index is 10.8. The summed E-state index contributed by atoms with van der Waals surface area (Å²) in [7, 11) is 0. The molecule has 0 amide bonds. The minimum atomic E-state index is -0.434. The van der Waals surface area contributed by atoms with Crippen LogP contribution in [-0.4, -0.2) is 19.1 Å². The van der Waals surface area contributed by atoms with Crippen LogP contribution in [0.3, 0.4) is 0 Å². The highest BCUT2D eigenvalue weighted by atomic mass is 16.5. The van der Waals surface area contributed by atoms with Crippen LogP contribution in [0.15, 0.2) is 18.2 Å². The van der Waals surface area contributed by atoms with E-state index in [9.17, 15) is 4.79 Å². The number of hydrogen-bond donors (Lipinski definition) is 1. The lowest BCUT2D eigenvalue weighted by Gasteiger charge is -2.41. The first-order valence-corrected chi connectivity index (χ1v) is 8.98. The summed E-state index contributed by atoms with van der Waals surface area (Å²) < 4.78 is 5.40. The average molecular weight is 316 g/mol. The van der Waals surface area contributed by atoms with Gasteiger partial charge in [0.15, 0.2) is 0 Å². The highest BCUT2D eigenvalue weighted by molar-refractivity contribution is 5.69. The Bertz CT molecular complexity index is 548. The highest BCUT2D eigenvalue weighted by Crippen LogP contribution is 2.46. The van der Waals surface area contributed by atoms with Gasteiger partial charge in [0.25, 0.3) is 6.47 Å². The normalized spacial score (nSPS) is 20.6. The van der Waals surface area contributed by atoms with Gasteiger partial charge in [0.1, 0.15) is 5.60 Å². The molecule has 0 unspecified atom stereocenters. The number of anilines is 2. The second kappa shape index (κ2) is 6.81. The summed E-state index contributed by atoms with van der Waals surface area (Å²) >= 11 is 0. The maximum Gasteiger partial charge on any atom is 0.293 e. The Morgan fingerprint density at radius 1 is 1.26 bits per heavy atom. The van der Waals surface area contributed by atoms with Gasteiger partial charge in [0, 0.05) is 12.6 Å². The molecule has 1 aromatic carbocycles. The summed E-state index contributed by atoms with van der Waals surface area (Å²) in [6.45, 7) is 3.75. The van der Waals surface area contributed by atoms with Crippen molar-refractivity contribution in [3.8, 4) is 0 Å². The van der Waals surface area contributed by atoms with Crippen LogP contribution in [0, 0.1) is 0 Å². The van der Waals surface area contributed by atoms with Crippen molar-refractivity contribution in [2.75, 3.05) is 17.2 Å². The van der Waals surface area contributed by atoms with Crippen molar-refractivity contribution in [1.29, 1.82) is 0 Å². The average Bonchev–Trinajstić information content (AvgIpc) is 2.54. The Morgan fingerprint density at radius 2 is 2.00 bits per heavy atom. The van der Waals surface area contributed by atoms with Crippen molar-refractivity contribution in [2.24, 2.45) is 0 Å². The highest BCUT2D eigenvalue weighted by Gasteiger charge is 2.41. The number of carbonyl (C=O) groups is 1. The Labute approximate surface area is 139 Å². The number of carbonyl (C=O) groups excluding carboxylic acids is 1. The molecule has 0 heterocycles. The molecule has 0 bridgehead atoms. The molecule has 1 aromatic rings. The van der Waals surface area contributed by atoms with E-state index in [2.05, 4.69) is 24.0 Å². The van der Waals surface area contributed by atoms with E-state index in [4.69, 9.17) is 10.5 Å². The third-order valence-corrected chi connectivity index (χ3v) is 5.65. The van der Waals surface area contributed by atoms with E-state index in [0.29, 0.717) is 12.5 Å². The summed E-state index contributed by atoms with van der Waals surface area (Å²) in [5.41, 5.74) is 8.93. The molecule has 0 saturated heterocycles. The molecular weight excluding hydrogens is 288 g/mol. The van der Waals surface area contributed by atoms with Crippen molar-refractivity contribution in [1.82, 2.24) is 0 Å². The molecule has 23 heavy (non-hydrogen) atoms. The first-order valence-electron chi connectivity index (χ1n) is 8.98. The quantitative estimate of drug-likeness (QED) is 0.637. The molecule has 2 fully saturated rings. The Morgan fingerprint density at radius 3 is 2.52 bits per heavy atom. The molecule has 0 atom stereocenters. The first kappa shape index (κ1) is 16.2. The van der Waals surface area contributed by atoms with Crippen molar-refractivity contribution in [2.45, 2.75) is 69.9 Å². The number of nitrogens with zero attached hydrogens (tertiary/aromatic N) is 1. The molecule has 2 aliphatic carbocycles. The molecule has 4 nitrogen and oxygen atoms in total. The van der Waals surface area contributed by atoms with Crippen LogP contribution in [0.25, 0.3) is 0 Å². The lowest BCUT2D eigenvalue weighted by Crippen LogP contribution is -2.38. The minimum Gasteiger partial charge on any atom is -0.456 e. The van der Waals surface area contributed by atoms with E-state index >= 15 is 0 Å². The summed E-state index contributed by atoms with van der Waals surface area (Å²) in [4.78, 5) is 13.3. The van der Waals surface area contributed by atoms with E-state index < -0.39 is 5.60 Å². The molecule has 0 aromatic heterocycles. The molecular formula is C19H28N2O2. The van der Waals surface area contributed by atoms with Crippen LogP contribution in [0.2, 0.25) is 0 Å². The molecule has 2 N–H and O–H groups in total. The third-order valence-electron chi connectivity index (χ3n) is 5.65. The van der Waals surface area contributed by atoms with Crippen molar-refractivity contribution >= 4 is 17.8 Å². The summed E-state index contributed by atoms with van der Waals surface area (Å²) in [6, 6.07) is 6.84. The lowest BCUT2D eigenvalue weighted by atomic mass is 9.74. The summed E-state index contributed by atoms with van der Waals surface area (Å²) in [5, 5.41) is 0. The zero-order valence-electron chi connectivity index (χ0n) is 14.1. The van der Waals surface area contributed by atoms with Gasteiger partial charge >= 0.3 is 0 Å². The SMILES string of the molecule is CCN(c1ccc(C2(OC=O)CCC2)cc1N)C1CCCCC1. The number of nitrogens with two attached hydrogens (primary N) is 1. The monoisotopic (exact) mass is 316 g/mol. The van der Waals surface area contributed by atoms with Gasteiger partial charge in [-0.15, -0.1) is 0 Å². The topological polar surface area (TPSA) is 55.6 Å². The first-order chi connectivity index (χ1) is 11.2. The number of rotatable bonds is 6. The molecule has 0 spiro atoms. The predicted octanol–water partition coefficient (Wildman–Crippen LogP) is 3.98. The fourth-order valence-electron chi connectivity index (χ4n) is 4.18. The van der Waals surface area contributed by atoms with Gasteiger partial charge in [0.2, 0.25) is 0 Å². The summed E-state index contributed by atoms with van der Waals surface area (Å²) in [5.74, 6) is 0. The second-order valence-corrected chi connectivity index (χ2v) is 6.91. The lowest BCUT2D eigenvalue weighted by molar-refractivity contribution is -0.155. The number of ether oxygens (including phenoxy) is 1. The molecule has 3 rings (SSSR count). The zero-order chi connectivity index (χ0) is 16.3. The number of nitrogen functional groups attached to an aromatic ring is 1. The molecule has 2 aliphatic rings. The van der Waals surface area contributed by atoms with Gasteiger partial charge < -0.3 is 15.4 Å². The van der Waals surface area contributed by atoms with Crippen molar-refractivity contribution < 1.29 is 9.53 Å². The van der Waals surface area contributed by atoms with E-state index in [0.717, 1.165) is 42.7 Å². The second-order valence-electron chi connectivity index (χ2n) is 6.91. The number of benzene rings is 1. The molecule has 2 saturated carbocycles. The van der Waals surface area contributed by atoms with Gasteiger partial charge in [-0.25, -0.2) is 0 Å². The Balaban J connectivity index is 1.84. The smallest absolute Gasteiger partial charge is 0.293 e. The van der Waals surface area contributed by atoms with E-state index in [1.807, 2.05) is 6.07 Å². The van der Waals surface area contributed by atoms with Gasteiger partial charge in [-0.2, -0.15) is 0 Å². The largest absolute Gasteiger partial charge is 0.456 e. The van der Waals surface area contributed by atoms with Gasteiger partial charge in [-0.05, 0) is 56.7 Å². The Hall–Kier alpha value is -1.71. The van der Waals surface area contributed by atoms with Crippen LogP contribution >= 0.6 is 0 Å². The van der Waals surface area contributed by atoms with Crippen LogP contribution in [-0.2, 0) is 15.1 Å². The predicted molar refractivity (Wildman–Crippen MR) is 93.4 cm³/mol. The fourth-order valence-corrected chi connectivity index (χ4v) is 4.18. The van der Waals surface area contributed by atoms with Crippen LogP contribution in [0.4, 0.5) is 11.4 Å². The zero-order valence-corrected chi connectivity index (χ0v) is 14.1. The van der Waals surface area contributed by atoms with Crippen LogP contribution < -0.4 is 10.6 Å². The van der Waals surface area contributed by atoms with Gasteiger partial charge in [0.05, 0.1) is 11.4 Å². The third kappa shape index (κ3) is 3.04. The molecule has 0 radical (unpaired) electrons. The maximum atomic E-state index is 10.8.